The summed E-state index contributed by atoms with van der Waals surface area (Å²) < 4.78 is 5.72. The van der Waals surface area contributed by atoms with Crippen molar-refractivity contribution in [2.24, 2.45) is 0 Å². The number of benzene rings is 1. The second kappa shape index (κ2) is 4.78. The maximum Gasteiger partial charge on any atom is 0.412 e. The van der Waals surface area contributed by atoms with E-state index in [4.69, 9.17) is 4.74 Å². The van der Waals surface area contributed by atoms with Crippen molar-refractivity contribution in [3.05, 3.63) is 42.0 Å². The Morgan fingerprint density at radius 1 is 1.29 bits per heavy atom. The van der Waals surface area contributed by atoms with E-state index in [0.29, 0.717) is 0 Å². The number of carbonyl (C=O) groups is 1. The molecular weight excluding hydrogens is 300 g/mol. The van der Waals surface area contributed by atoms with Crippen LogP contribution in [0.2, 0.25) is 0 Å². The lowest BCUT2D eigenvalue weighted by Crippen LogP contribution is -2.61. The fraction of sp³-hybridized carbons (Fsp3) is 0.550. The van der Waals surface area contributed by atoms with Crippen molar-refractivity contribution in [1.29, 1.82) is 0 Å². The Labute approximate surface area is 143 Å². The van der Waals surface area contributed by atoms with Gasteiger partial charge in [0.25, 0.3) is 0 Å². The van der Waals surface area contributed by atoms with E-state index in [-0.39, 0.29) is 17.2 Å². The minimum Gasteiger partial charge on any atom is -0.444 e. The smallest absolute Gasteiger partial charge is 0.412 e. The Kier molecular flexibility index (Phi) is 3.09. The van der Waals surface area contributed by atoms with Crippen LogP contribution in [-0.4, -0.2) is 28.8 Å². The van der Waals surface area contributed by atoms with Crippen molar-refractivity contribution >= 4 is 11.8 Å². The Morgan fingerprint density at radius 2 is 2.04 bits per heavy atom. The molecule has 24 heavy (non-hydrogen) atoms. The molecule has 2 aliphatic heterocycles. The molecule has 0 unspecified atom stereocenters. The lowest BCUT2D eigenvalue weighted by atomic mass is 9.63. The van der Waals surface area contributed by atoms with Crippen molar-refractivity contribution < 1.29 is 9.53 Å². The molecule has 2 heterocycles. The average Bonchev–Trinajstić information content (AvgIpc) is 2.94. The molecule has 3 aliphatic rings. The zero-order chi connectivity index (χ0) is 17.2. The summed E-state index contributed by atoms with van der Waals surface area (Å²) in [7, 11) is 0. The maximum absolute atomic E-state index is 12.9. The fourth-order valence-corrected chi connectivity index (χ4v) is 4.94. The van der Waals surface area contributed by atoms with Gasteiger partial charge in [-0.1, -0.05) is 30.4 Å². The second-order valence-electron chi connectivity index (χ2n) is 8.42. The lowest BCUT2D eigenvalue weighted by molar-refractivity contribution is 0.00175. The molecule has 1 amide bonds. The Morgan fingerprint density at radius 3 is 2.79 bits per heavy atom. The third-order valence-electron chi connectivity index (χ3n) is 5.80. The van der Waals surface area contributed by atoms with Gasteiger partial charge < -0.3 is 10.1 Å². The molecule has 0 aromatic heterocycles. The number of anilines is 1. The Hall–Kier alpha value is -1.97. The molecule has 4 heteroatoms. The van der Waals surface area contributed by atoms with Crippen LogP contribution in [0.5, 0.6) is 0 Å². The van der Waals surface area contributed by atoms with Gasteiger partial charge in [-0.25, -0.2) is 4.79 Å². The van der Waals surface area contributed by atoms with Crippen LogP contribution < -0.4 is 5.32 Å². The first kappa shape index (κ1) is 15.6. The van der Waals surface area contributed by atoms with Gasteiger partial charge in [-0.05, 0) is 58.1 Å². The summed E-state index contributed by atoms with van der Waals surface area (Å²) in [5.41, 5.74) is 2.84. The summed E-state index contributed by atoms with van der Waals surface area (Å²) in [4.78, 5) is 14.9. The molecule has 1 aromatic rings. The summed E-state index contributed by atoms with van der Waals surface area (Å²) in [5.74, 6) is 0. The predicted molar refractivity (Wildman–Crippen MR) is 95.0 cm³/mol. The molecular formula is C20H26N2O2. The van der Waals surface area contributed by atoms with E-state index >= 15 is 0 Å². The number of para-hydroxylation sites is 1. The van der Waals surface area contributed by atoms with E-state index in [1.54, 1.807) is 0 Å². The topological polar surface area (TPSA) is 41.6 Å². The molecule has 0 spiro atoms. The average molecular weight is 326 g/mol. The predicted octanol–water partition coefficient (Wildman–Crippen LogP) is 4.43. The minimum absolute atomic E-state index is 0.0736. The van der Waals surface area contributed by atoms with E-state index in [9.17, 15) is 4.79 Å². The molecule has 1 saturated carbocycles. The number of nitrogens with zero attached hydrogens (tertiary/aromatic N) is 1. The number of ether oxygens (including phenoxy) is 1. The Balaban J connectivity index is 1.79. The van der Waals surface area contributed by atoms with Crippen molar-refractivity contribution in [3.8, 4) is 0 Å². The van der Waals surface area contributed by atoms with Crippen LogP contribution >= 0.6 is 0 Å². The molecule has 2 atom stereocenters. The standard InChI is InChI=1S/C20H26N2O2/c1-14-9-10-20-19(13-14,15-7-5-6-8-16(15)21-20)11-12-22(20)17(23)24-18(2,3)4/h5-8,21H,1,9-13H2,2-4H3/t19-,20-/m0/s1. The van der Waals surface area contributed by atoms with Gasteiger partial charge in [0.05, 0.1) is 0 Å². The molecule has 4 nitrogen and oxygen atoms in total. The van der Waals surface area contributed by atoms with E-state index in [0.717, 1.165) is 37.9 Å². The summed E-state index contributed by atoms with van der Waals surface area (Å²) in [6, 6.07) is 8.48. The highest BCUT2D eigenvalue weighted by Gasteiger charge is 2.67. The first-order valence-electron chi connectivity index (χ1n) is 8.82. The van der Waals surface area contributed by atoms with Crippen LogP contribution in [-0.2, 0) is 10.2 Å². The van der Waals surface area contributed by atoms with Gasteiger partial charge in [0.2, 0.25) is 0 Å². The number of likely N-dealkylation sites (tertiary alicyclic amines) is 1. The minimum atomic E-state index is -0.483. The number of amides is 1. The fourth-order valence-electron chi connectivity index (χ4n) is 4.94. The van der Waals surface area contributed by atoms with Crippen LogP contribution in [0.3, 0.4) is 0 Å². The van der Waals surface area contributed by atoms with Crippen LogP contribution in [0.25, 0.3) is 0 Å². The second-order valence-corrected chi connectivity index (χ2v) is 8.42. The van der Waals surface area contributed by atoms with Crippen molar-refractivity contribution in [3.63, 3.8) is 0 Å². The maximum atomic E-state index is 12.9. The first-order chi connectivity index (χ1) is 11.3. The van der Waals surface area contributed by atoms with Crippen molar-refractivity contribution in [2.45, 2.75) is 63.1 Å². The first-order valence-corrected chi connectivity index (χ1v) is 8.82. The number of rotatable bonds is 0. The molecule has 0 radical (unpaired) electrons. The number of fused-ring (bicyclic) bond motifs is 1. The van der Waals surface area contributed by atoms with E-state index in [1.165, 1.54) is 11.1 Å². The van der Waals surface area contributed by atoms with Crippen molar-refractivity contribution in [1.82, 2.24) is 4.90 Å². The normalized spacial score (nSPS) is 31.1. The number of carbonyl (C=O) groups excluding carboxylic acids is 1. The number of allylic oxidation sites excluding steroid dienone is 1. The highest BCUT2D eigenvalue weighted by molar-refractivity contribution is 5.76. The van der Waals surface area contributed by atoms with Gasteiger partial charge in [-0.3, -0.25) is 4.90 Å². The summed E-state index contributed by atoms with van der Waals surface area (Å²) in [6.45, 7) is 10.8. The highest BCUT2D eigenvalue weighted by atomic mass is 16.6. The SMILES string of the molecule is C=C1CC[C@@]23Nc4ccccc4[C@]2(CCN3C(=O)OC(C)(C)C)C1. The van der Waals surface area contributed by atoms with Crippen molar-refractivity contribution in [2.75, 3.05) is 11.9 Å². The molecule has 128 valence electrons. The molecule has 1 aromatic carbocycles. The number of nitrogens with one attached hydrogen (secondary N) is 1. The quantitative estimate of drug-likeness (QED) is 0.717. The van der Waals surface area contributed by atoms with E-state index in [1.807, 2.05) is 25.7 Å². The van der Waals surface area contributed by atoms with Gasteiger partial charge >= 0.3 is 6.09 Å². The monoisotopic (exact) mass is 326 g/mol. The van der Waals surface area contributed by atoms with Crippen LogP contribution in [0.4, 0.5) is 10.5 Å². The number of hydrogen-bond donors (Lipinski definition) is 1. The van der Waals surface area contributed by atoms with E-state index < -0.39 is 5.60 Å². The third kappa shape index (κ3) is 1.95. The Bertz CT molecular complexity index is 721. The van der Waals surface area contributed by atoms with Gasteiger partial charge in [0, 0.05) is 17.6 Å². The van der Waals surface area contributed by atoms with Gasteiger partial charge in [-0.2, -0.15) is 0 Å². The van der Waals surface area contributed by atoms with E-state index in [2.05, 4.69) is 36.2 Å². The number of hydrogen-bond acceptors (Lipinski definition) is 3. The lowest BCUT2D eigenvalue weighted by Gasteiger charge is -2.49. The molecule has 4 rings (SSSR count). The highest BCUT2D eigenvalue weighted by Crippen LogP contribution is 2.62. The molecule has 0 bridgehead atoms. The van der Waals surface area contributed by atoms with Crippen LogP contribution in [0.1, 0.15) is 52.0 Å². The molecule has 1 N–H and O–H groups in total. The van der Waals surface area contributed by atoms with Gasteiger partial charge in [0.1, 0.15) is 11.3 Å². The summed E-state index contributed by atoms with van der Waals surface area (Å²) in [5, 5.41) is 3.72. The molecule has 2 fully saturated rings. The summed E-state index contributed by atoms with van der Waals surface area (Å²) in [6.07, 6.45) is 3.52. The molecule has 1 aliphatic carbocycles. The largest absolute Gasteiger partial charge is 0.444 e. The van der Waals surface area contributed by atoms with Gasteiger partial charge in [-0.15, -0.1) is 0 Å². The zero-order valence-electron chi connectivity index (χ0n) is 14.8. The molecule has 1 saturated heterocycles. The zero-order valence-corrected chi connectivity index (χ0v) is 14.8. The third-order valence-corrected chi connectivity index (χ3v) is 5.80. The van der Waals surface area contributed by atoms with Gasteiger partial charge in [0.15, 0.2) is 0 Å². The summed E-state index contributed by atoms with van der Waals surface area (Å²) >= 11 is 0. The van der Waals surface area contributed by atoms with Crippen LogP contribution in [0, 0.1) is 0 Å². The van der Waals surface area contributed by atoms with Crippen LogP contribution in [0.15, 0.2) is 36.4 Å².